The number of rotatable bonds is 10. The van der Waals surface area contributed by atoms with Gasteiger partial charge in [0.05, 0.1) is 6.61 Å². The van der Waals surface area contributed by atoms with E-state index in [1.165, 1.54) is 0 Å². The predicted octanol–water partition coefficient (Wildman–Crippen LogP) is 4.07. The van der Waals surface area contributed by atoms with Crippen LogP contribution in [0.1, 0.15) is 65.5 Å². The topological polar surface area (TPSA) is 166 Å². The van der Waals surface area contributed by atoms with Crippen LogP contribution in [0, 0.1) is 5.92 Å². The van der Waals surface area contributed by atoms with Crippen LogP contribution in [0.5, 0.6) is 0 Å². The molecule has 1 fully saturated rings. The van der Waals surface area contributed by atoms with Gasteiger partial charge in [-0.15, -0.1) is 0 Å². The quantitative estimate of drug-likeness (QED) is 0.273. The molecule has 12 nitrogen and oxygen atoms in total. The van der Waals surface area contributed by atoms with Crippen molar-refractivity contribution < 1.29 is 38.5 Å². The molecule has 0 aromatic carbocycles. The van der Waals surface area contributed by atoms with Crippen molar-refractivity contribution in [3.8, 4) is 0 Å². The number of carbonyl (C=O) groups is 4. The van der Waals surface area contributed by atoms with E-state index in [4.69, 9.17) is 19.3 Å². The zero-order chi connectivity index (χ0) is 31.3. The van der Waals surface area contributed by atoms with Gasteiger partial charge in [0, 0.05) is 37.6 Å². The van der Waals surface area contributed by atoms with Crippen molar-refractivity contribution in [1.29, 1.82) is 0 Å². The molecule has 0 spiro atoms. The number of aromatic nitrogens is 2. The molecular weight excluding hydrogens is 544 g/mol. The molecule has 0 aliphatic heterocycles. The van der Waals surface area contributed by atoms with Crippen molar-refractivity contribution in [2.75, 3.05) is 6.61 Å². The summed E-state index contributed by atoms with van der Waals surface area (Å²) in [4.78, 5) is 54.8. The number of aliphatic carboxylic acids is 1. The fraction of sp³-hybridized carbons (Fsp3) is 0.533. The van der Waals surface area contributed by atoms with Crippen LogP contribution in [0.15, 0.2) is 49.1 Å². The third-order valence-corrected chi connectivity index (χ3v) is 5.45. The molecule has 12 heteroatoms. The molecule has 1 saturated carbocycles. The second-order valence-electron chi connectivity index (χ2n) is 11.9. The van der Waals surface area contributed by atoms with Gasteiger partial charge in [-0.1, -0.05) is 12.1 Å². The maximum Gasteiger partial charge on any atom is 0.408 e. The van der Waals surface area contributed by atoms with Crippen LogP contribution in [-0.2, 0) is 36.6 Å². The summed E-state index contributed by atoms with van der Waals surface area (Å²) in [6, 6.07) is 5.27. The Morgan fingerprint density at radius 1 is 0.833 bits per heavy atom. The number of ether oxygens (including phenoxy) is 3. The van der Waals surface area contributed by atoms with E-state index in [1.807, 2.05) is 6.07 Å². The summed E-state index contributed by atoms with van der Waals surface area (Å²) in [7, 11) is 0. The number of alkyl carbamates (subject to hydrolysis) is 2. The molecule has 2 heterocycles. The molecule has 0 bridgehead atoms. The van der Waals surface area contributed by atoms with E-state index >= 15 is 0 Å². The molecule has 0 unspecified atom stereocenters. The molecule has 1 aliphatic rings. The van der Waals surface area contributed by atoms with Gasteiger partial charge >= 0.3 is 24.1 Å². The van der Waals surface area contributed by atoms with Crippen LogP contribution in [0.4, 0.5) is 9.59 Å². The first-order chi connectivity index (χ1) is 19.6. The summed E-state index contributed by atoms with van der Waals surface area (Å²) >= 11 is 0. The summed E-state index contributed by atoms with van der Waals surface area (Å²) in [6.07, 6.45) is 7.77. The maximum absolute atomic E-state index is 12.3. The molecule has 0 saturated heterocycles. The van der Waals surface area contributed by atoms with E-state index in [0.29, 0.717) is 18.9 Å². The smallest absolute Gasteiger partial charge is 0.408 e. The molecule has 42 heavy (non-hydrogen) atoms. The van der Waals surface area contributed by atoms with Gasteiger partial charge in [-0.05, 0) is 83.6 Å². The average Bonchev–Trinajstić information content (AvgIpc) is 3.70. The van der Waals surface area contributed by atoms with Crippen LogP contribution in [0.3, 0.4) is 0 Å². The predicted molar refractivity (Wildman–Crippen MR) is 154 cm³/mol. The second-order valence-corrected chi connectivity index (χ2v) is 11.9. The summed E-state index contributed by atoms with van der Waals surface area (Å²) in [5.41, 5.74) is 0.283. The Bertz CT molecular complexity index is 1160. The van der Waals surface area contributed by atoms with Crippen LogP contribution in [0.2, 0.25) is 0 Å². The van der Waals surface area contributed by atoms with Crippen molar-refractivity contribution in [1.82, 2.24) is 20.6 Å². The van der Waals surface area contributed by atoms with Gasteiger partial charge in [0.15, 0.2) is 0 Å². The lowest BCUT2D eigenvalue weighted by atomic mass is 10.1. The molecule has 2 aromatic heterocycles. The van der Waals surface area contributed by atoms with Crippen LogP contribution < -0.4 is 10.6 Å². The number of carboxylic acids is 1. The van der Waals surface area contributed by atoms with Crippen LogP contribution in [-0.4, -0.2) is 69.1 Å². The van der Waals surface area contributed by atoms with Crippen molar-refractivity contribution in [2.45, 2.75) is 90.5 Å². The number of hydrogen-bond acceptors (Lipinski definition) is 9. The number of hydrogen-bond donors (Lipinski definition) is 3. The Hall–Kier alpha value is -4.22. The number of carboxylic acid groups (broad SMARTS) is 1. The van der Waals surface area contributed by atoms with E-state index in [-0.39, 0.29) is 6.42 Å². The fourth-order valence-corrected chi connectivity index (χ4v) is 3.39. The number of pyridine rings is 2. The highest BCUT2D eigenvalue weighted by molar-refractivity contribution is 5.82. The Labute approximate surface area is 246 Å². The monoisotopic (exact) mass is 586 g/mol. The lowest BCUT2D eigenvalue weighted by Crippen LogP contribution is -2.45. The van der Waals surface area contributed by atoms with E-state index in [1.54, 1.807) is 84.5 Å². The zero-order valence-corrected chi connectivity index (χ0v) is 25.1. The minimum atomic E-state index is -1.12. The third kappa shape index (κ3) is 15.0. The number of esters is 1. The van der Waals surface area contributed by atoms with Gasteiger partial charge in [0.25, 0.3) is 0 Å². The molecule has 1 aliphatic carbocycles. The van der Waals surface area contributed by atoms with Crippen molar-refractivity contribution in [3.63, 3.8) is 0 Å². The van der Waals surface area contributed by atoms with Gasteiger partial charge in [0.1, 0.15) is 23.3 Å². The Morgan fingerprint density at radius 3 is 1.67 bits per heavy atom. The fourth-order valence-electron chi connectivity index (χ4n) is 3.39. The third-order valence-electron chi connectivity index (χ3n) is 5.45. The molecule has 2 amide bonds. The molecular formula is C30H42N4O8. The van der Waals surface area contributed by atoms with Gasteiger partial charge in [-0.3, -0.25) is 9.97 Å². The lowest BCUT2D eigenvalue weighted by Gasteiger charge is -2.23. The van der Waals surface area contributed by atoms with Crippen molar-refractivity contribution in [2.24, 2.45) is 5.92 Å². The van der Waals surface area contributed by atoms with E-state index < -0.39 is 47.4 Å². The Morgan fingerprint density at radius 2 is 1.29 bits per heavy atom. The van der Waals surface area contributed by atoms with E-state index in [0.717, 1.165) is 24.0 Å². The second kappa shape index (κ2) is 15.7. The van der Waals surface area contributed by atoms with Gasteiger partial charge in [-0.25, -0.2) is 19.2 Å². The highest BCUT2D eigenvalue weighted by Gasteiger charge is 2.29. The Kier molecular flexibility index (Phi) is 12.7. The summed E-state index contributed by atoms with van der Waals surface area (Å²) in [5, 5.41) is 14.0. The maximum atomic E-state index is 12.3. The minimum absolute atomic E-state index is 0.155. The van der Waals surface area contributed by atoms with Crippen molar-refractivity contribution >= 4 is 24.1 Å². The van der Waals surface area contributed by atoms with Crippen LogP contribution >= 0.6 is 0 Å². The molecule has 2 atom stereocenters. The number of amides is 2. The van der Waals surface area contributed by atoms with Gasteiger partial charge in [0.2, 0.25) is 0 Å². The standard InChI is InChI=1S/C17H24N2O4.C13H18N2O4/c1-17(2,3)23-16(21)19-14(9-13-5-4-8-18-10-13)15(20)22-11-12-6-7-12;1-13(2,3)19-12(18)15-10(11(16)17)7-9-5-4-6-14-8-9/h4-5,8,10,12,14H,6-7,9,11H2,1-3H3,(H,19,21);4-6,8,10H,7H2,1-3H3,(H,15,18)(H,16,17)/t14-;10-/m11/s1. The number of nitrogens with one attached hydrogen (secondary N) is 2. The molecule has 2 aromatic rings. The molecule has 0 radical (unpaired) electrons. The number of nitrogens with zero attached hydrogens (tertiary/aromatic N) is 2. The Balaban J connectivity index is 0.000000299. The SMILES string of the molecule is CC(C)(C)OC(=O)N[C@H](Cc1cccnc1)C(=O)O.CC(C)(C)OC(=O)N[C@H](Cc1cccnc1)C(=O)OCC1CC1. The molecule has 3 rings (SSSR count). The van der Waals surface area contributed by atoms with Gasteiger partial charge in [-0.2, -0.15) is 0 Å². The van der Waals surface area contributed by atoms with Gasteiger partial charge < -0.3 is 30.0 Å². The lowest BCUT2D eigenvalue weighted by molar-refractivity contribution is -0.146. The highest BCUT2D eigenvalue weighted by atomic mass is 16.6. The van der Waals surface area contributed by atoms with Crippen LogP contribution in [0.25, 0.3) is 0 Å². The van der Waals surface area contributed by atoms with E-state index in [9.17, 15) is 19.2 Å². The highest BCUT2D eigenvalue weighted by Crippen LogP contribution is 2.29. The largest absolute Gasteiger partial charge is 0.480 e. The first-order valence-electron chi connectivity index (χ1n) is 13.8. The first-order valence-corrected chi connectivity index (χ1v) is 13.8. The summed E-state index contributed by atoms with van der Waals surface area (Å²) in [5.74, 6) is -1.08. The summed E-state index contributed by atoms with van der Waals surface area (Å²) < 4.78 is 15.5. The molecule has 3 N–H and O–H groups in total. The average molecular weight is 587 g/mol. The zero-order valence-electron chi connectivity index (χ0n) is 25.1. The number of carbonyl (C=O) groups excluding carboxylic acids is 3. The van der Waals surface area contributed by atoms with E-state index in [2.05, 4.69) is 20.6 Å². The minimum Gasteiger partial charge on any atom is -0.480 e. The first kappa shape index (κ1) is 34.0. The van der Waals surface area contributed by atoms with Crippen molar-refractivity contribution in [3.05, 3.63) is 60.2 Å². The normalized spacial score (nSPS) is 14.2. The summed E-state index contributed by atoms with van der Waals surface area (Å²) in [6.45, 7) is 10.9. The molecule has 230 valence electrons.